The van der Waals surface area contributed by atoms with Gasteiger partial charge in [0.1, 0.15) is 0 Å². The first-order valence-electron chi connectivity index (χ1n) is 7.70. The van der Waals surface area contributed by atoms with E-state index in [0.717, 1.165) is 32.6 Å². The van der Waals surface area contributed by atoms with Crippen molar-refractivity contribution in [3.05, 3.63) is 24.3 Å². The van der Waals surface area contributed by atoms with E-state index in [-0.39, 0.29) is 5.91 Å². The molecule has 1 aliphatic rings. The number of hydrogen-bond donors (Lipinski definition) is 2. The van der Waals surface area contributed by atoms with E-state index in [9.17, 15) is 4.79 Å². The van der Waals surface area contributed by atoms with Crippen molar-refractivity contribution in [2.24, 2.45) is 0 Å². The van der Waals surface area contributed by atoms with Gasteiger partial charge in [0, 0.05) is 19.5 Å². The van der Waals surface area contributed by atoms with Crippen LogP contribution in [-0.2, 0) is 4.79 Å². The van der Waals surface area contributed by atoms with Crippen LogP contribution in [0.2, 0.25) is 0 Å². The van der Waals surface area contributed by atoms with E-state index in [1.165, 1.54) is 13.0 Å². The molecule has 2 rings (SSSR count). The van der Waals surface area contributed by atoms with Crippen molar-refractivity contribution in [2.75, 3.05) is 50.8 Å². The van der Waals surface area contributed by atoms with Crippen LogP contribution in [0.1, 0.15) is 19.3 Å². The van der Waals surface area contributed by atoms with Crippen LogP contribution in [0, 0.1) is 0 Å². The van der Waals surface area contributed by atoms with Gasteiger partial charge in [0.15, 0.2) is 0 Å². The first kappa shape index (κ1) is 15.8. The topological polar surface area (TPSA) is 61.6 Å². The fourth-order valence-electron chi connectivity index (χ4n) is 2.61. The highest BCUT2D eigenvalue weighted by atomic mass is 16.1. The van der Waals surface area contributed by atoms with Gasteiger partial charge in [-0.25, -0.2) is 0 Å². The van der Waals surface area contributed by atoms with E-state index in [2.05, 4.69) is 22.2 Å². The molecule has 116 valence electrons. The van der Waals surface area contributed by atoms with Gasteiger partial charge in [0.2, 0.25) is 5.91 Å². The van der Waals surface area contributed by atoms with Gasteiger partial charge < -0.3 is 20.9 Å². The first-order chi connectivity index (χ1) is 10.1. The van der Waals surface area contributed by atoms with Crippen molar-refractivity contribution in [1.82, 2.24) is 9.80 Å². The summed E-state index contributed by atoms with van der Waals surface area (Å²) in [5.74, 6) is 0.0415. The maximum atomic E-state index is 11.9. The number of rotatable bonds is 5. The highest BCUT2D eigenvalue weighted by molar-refractivity contribution is 5.93. The van der Waals surface area contributed by atoms with Gasteiger partial charge in [-0.1, -0.05) is 12.1 Å². The van der Waals surface area contributed by atoms with Crippen molar-refractivity contribution in [3.8, 4) is 0 Å². The fourth-order valence-corrected chi connectivity index (χ4v) is 2.61. The van der Waals surface area contributed by atoms with Crippen LogP contribution in [0.3, 0.4) is 0 Å². The van der Waals surface area contributed by atoms with Crippen molar-refractivity contribution >= 4 is 17.3 Å². The first-order valence-corrected chi connectivity index (χ1v) is 7.70. The maximum absolute atomic E-state index is 11.9. The zero-order chi connectivity index (χ0) is 15.1. The third-order valence-electron chi connectivity index (χ3n) is 3.93. The molecule has 0 aliphatic carbocycles. The number of nitrogens with zero attached hydrogens (tertiary/aromatic N) is 2. The second-order valence-corrected chi connectivity index (χ2v) is 5.74. The van der Waals surface area contributed by atoms with E-state index in [4.69, 9.17) is 5.73 Å². The number of amides is 1. The van der Waals surface area contributed by atoms with E-state index in [0.29, 0.717) is 17.8 Å². The minimum absolute atomic E-state index is 0.0415. The molecule has 0 unspecified atom stereocenters. The third-order valence-corrected chi connectivity index (χ3v) is 3.93. The highest BCUT2D eigenvalue weighted by Gasteiger charge is 2.12. The van der Waals surface area contributed by atoms with E-state index >= 15 is 0 Å². The molecule has 0 aromatic heterocycles. The Hall–Kier alpha value is -1.59. The summed E-state index contributed by atoms with van der Waals surface area (Å²) in [6.45, 7) is 5.52. The van der Waals surface area contributed by atoms with Crippen molar-refractivity contribution in [1.29, 1.82) is 0 Å². The number of anilines is 2. The molecule has 1 saturated heterocycles. The Kier molecular flexibility index (Phi) is 6.02. The van der Waals surface area contributed by atoms with E-state index < -0.39 is 0 Å². The normalized spacial score (nSPS) is 17.4. The molecule has 5 heteroatoms. The van der Waals surface area contributed by atoms with E-state index in [1.54, 1.807) is 6.07 Å². The van der Waals surface area contributed by atoms with Crippen LogP contribution < -0.4 is 11.1 Å². The molecular formula is C16H26N4O. The highest BCUT2D eigenvalue weighted by Crippen LogP contribution is 2.17. The van der Waals surface area contributed by atoms with Crippen molar-refractivity contribution in [2.45, 2.75) is 19.3 Å². The SMILES string of the molecule is CN1CCCN(CCCC(=O)Nc2ccccc2N)CC1. The zero-order valence-corrected chi connectivity index (χ0v) is 12.8. The van der Waals surface area contributed by atoms with Gasteiger partial charge in [-0.3, -0.25) is 4.79 Å². The lowest BCUT2D eigenvalue weighted by Crippen LogP contribution is -2.30. The molecule has 1 amide bonds. The average molecular weight is 290 g/mol. The molecule has 0 radical (unpaired) electrons. The van der Waals surface area contributed by atoms with Crippen LogP contribution in [0.15, 0.2) is 24.3 Å². The molecule has 3 N–H and O–H groups in total. The van der Waals surface area contributed by atoms with Gasteiger partial charge in [-0.15, -0.1) is 0 Å². The molecule has 5 nitrogen and oxygen atoms in total. The molecule has 1 fully saturated rings. The second-order valence-electron chi connectivity index (χ2n) is 5.74. The Morgan fingerprint density at radius 2 is 2.05 bits per heavy atom. The number of para-hydroxylation sites is 2. The number of carbonyl (C=O) groups is 1. The molecule has 21 heavy (non-hydrogen) atoms. The van der Waals surface area contributed by atoms with Gasteiger partial charge >= 0.3 is 0 Å². The molecule has 1 heterocycles. The minimum Gasteiger partial charge on any atom is -0.397 e. The van der Waals surface area contributed by atoms with E-state index in [1.807, 2.05) is 18.2 Å². The molecule has 1 aromatic rings. The van der Waals surface area contributed by atoms with Crippen LogP contribution in [-0.4, -0.2) is 55.5 Å². The lowest BCUT2D eigenvalue weighted by Gasteiger charge is -2.19. The Morgan fingerprint density at radius 3 is 2.86 bits per heavy atom. The smallest absolute Gasteiger partial charge is 0.224 e. The molecule has 1 aromatic carbocycles. The van der Waals surface area contributed by atoms with Crippen molar-refractivity contribution < 1.29 is 4.79 Å². The Morgan fingerprint density at radius 1 is 1.24 bits per heavy atom. The third kappa shape index (κ3) is 5.36. The number of nitrogens with one attached hydrogen (secondary N) is 1. The Bertz CT molecular complexity index is 463. The van der Waals surface area contributed by atoms with Crippen molar-refractivity contribution in [3.63, 3.8) is 0 Å². The van der Waals surface area contributed by atoms with Gasteiger partial charge in [0.25, 0.3) is 0 Å². The van der Waals surface area contributed by atoms with Crippen LogP contribution in [0.25, 0.3) is 0 Å². The molecule has 0 atom stereocenters. The molecule has 0 bridgehead atoms. The molecule has 1 aliphatic heterocycles. The number of nitrogens with two attached hydrogens (primary N) is 1. The summed E-state index contributed by atoms with van der Waals surface area (Å²) in [5.41, 5.74) is 7.14. The zero-order valence-electron chi connectivity index (χ0n) is 12.8. The fraction of sp³-hybridized carbons (Fsp3) is 0.562. The number of nitrogen functional groups attached to an aromatic ring is 1. The summed E-state index contributed by atoms with van der Waals surface area (Å²) in [7, 11) is 2.17. The Labute approximate surface area is 127 Å². The second kappa shape index (κ2) is 8.00. The largest absolute Gasteiger partial charge is 0.397 e. The molecule has 0 spiro atoms. The number of benzene rings is 1. The summed E-state index contributed by atoms with van der Waals surface area (Å²) in [6, 6.07) is 7.36. The summed E-state index contributed by atoms with van der Waals surface area (Å²) in [4.78, 5) is 16.8. The van der Waals surface area contributed by atoms with Gasteiger partial charge in [-0.2, -0.15) is 0 Å². The lowest BCUT2D eigenvalue weighted by atomic mass is 10.2. The van der Waals surface area contributed by atoms with Gasteiger partial charge in [0.05, 0.1) is 11.4 Å². The predicted octanol–water partition coefficient (Wildman–Crippen LogP) is 1.62. The maximum Gasteiger partial charge on any atom is 0.224 e. The van der Waals surface area contributed by atoms with Crippen LogP contribution >= 0.6 is 0 Å². The summed E-state index contributed by atoms with van der Waals surface area (Å²) in [5, 5.41) is 2.88. The van der Waals surface area contributed by atoms with Crippen LogP contribution in [0.5, 0.6) is 0 Å². The van der Waals surface area contributed by atoms with Gasteiger partial charge in [-0.05, 0) is 51.7 Å². The average Bonchev–Trinajstić information content (AvgIpc) is 2.66. The predicted molar refractivity (Wildman–Crippen MR) is 87.3 cm³/mol. The summed E-state index contributed by atoms with van der Waals surface area (Å²) in [6.07, 6.45) is 2.65. The lowest BCUT2D eigenvalue weighted by molar-refractivity contribution is -0.116. The summed E-state index contributed by atoms with van der Waals surface area (Å²) >= 11 is 0. The Balaban J connectivity index is 1.68. The number of likely N-dealkylation sites (N-methyl/N-ethyl adjacent to an activating group) is 1. The molecular weight excluding hydrogens is 264 g/mol. The number of carbonyl (C=O) groups excluding carboxylic acids is 1. The quantitative estimate of drug-likeness (QED) is 0.809. The molecule has 0 saturated carbocycles. The standard InChI is InChI=1S/C16H26N4O/c1-19-9-5-11-20(13-12-19)10-4-8-16(21)18-15-7-3-2-6-14(15)17/h2-3,6-7H,4-5,8-13,17H2,1H3,(H,18,21). The monoisotopic (exact) mass is 290 g/mol. The minimum atomic E-state index is 0.0415. The number of hydrogen-bond acceptors (Lipinski definition) is 4. The van der Waals surface area contributed by atoms with Crippen LogP contribution in [0.4, 0.5) is 11.4 Å². The summed E-state index contributed by atoms with van der Waals surface area (Å²) < 4.78 is 0.